The molecule has 7 nitrogen and oxygen atoms in total. The first kappa shape index (κ1) is 19.0. The number of H-pyrrole nitrogens is 1. The normalized spacial score (nSPS) is 11.4. The molecule has 5 rings (SSSR count). The van der Waals surface area contributed by atoms with Crippen LogP contribution in [0, 0.1) is 4.77 Å². The number of nitrogens with zero attached hydrogens (tertiary/aromatic N) is 5. The number of aromatic nitrogens is 6. The Bertz CT molecular complexity index is 1470. The van der Waals surface area contributed by atoms with E-state index in [2.05, 4.69) is 19.9 Å². The summed E-state index contributed by atoms with van der Waals surface area (Å²) in [6.07, 6.45) is 5.48. The van der Waals surface area contributed by atoms with Crippen LogP contribution in [0.5, 0.6) is 5.75 Å². The lowest BCUT2D eigenvalue weighted by Gasteiger charge is -2.07. The molecule has 0 unspecified atom stereocenters. The topological polar surface area (TPSA) is 73.0 Å². The van der Waals surface area contributed by atoms with Gasteiger partial charge >= 0.3 is 0 Å². The van der Waals surface area contributed by atoms with E-state index in [1.54, 1.807) is 25.4 Å². The molecule has 0 bridgehead atoms. The summed E-state index contributed by atoms with van der Waals surface area (Å²) in [5, 5.41) is 0.952. The average Bonchev–Trinajstić information content (AvgIpc) is 3.28. The maximum atomic E-state index is 6.48. The third-order valence-electron chi connectivity index (χ3n) is 4.76. The van der Waals surface area contributed by atoms with Crippen LogP contribution in [0.2, 0.25) is 10.2 Å². The smallest absolute Gasteiger partial charge is 0.185 e. The van der Waals surface area contributed by atoms with Gasteiger partial charge in [-0.3, -0.25) is 9.38 Å². The Hall–Kier alpha value is -2.94. The van der Waals surface area contributed by atoms with Crippen molar-refractivity contribution in [2.75, 3.05) is 7.11 Å². The van der Waals surface area contributed by atoms with Gasteiger partial charge in [-0.25, -0.2) is 9.97 Å². The van der Waals surface area contributed by atoms with Gasteiger partial charge in [-0.15, -0.1) is 0 Å². The van der Waals surface area contributed by atoms with Crippen LogP contribution in [0.3, 0.4) is 0 Å². The lowest BCUT2D eigenvalue weighted by molar-refractivity contribution is 0.415. The van der Waals surface area contributed by atoms with Gasteiger partial charge in [0.25, 0.3) is 0 Å². The molecule has 0 saturated heterocycles. The lowest BCUT2D eigenvalue weighted by Crippen LogP contribution is -2.00. The van der Waals surface area contributed by atoms with Gasteiger partial charge in [0.1, 0.15) is 16.7 Å². The van der Waals surface area contributed by atoms with Crippen LogP contribution in [0.1, 0.15) is 5.82 Å². The molecule has 0 fully saturated rings. The Morgan fingerprint density at radius 3 is 2.83 bits per heavy atom. The van der Waals surface area contributed by atoms with E-state index in [1.165, 1.54) is 0 Å². The first-order valence-electron chi connectivity index (χ1n) is 8.95. The van der Waals surface area contributed by atoms with Crippen molar-refractivity contribution < 1.29 is 4.74 Å². The van der Waals surface area contributed by atoms with Gasteiger partial charge in [0.15, 0.2) is 10.4 Å². The molecule has 4 aromatic heterocycles. The number of ether oxygens (including phenoxy) is 1. The number of hydrogen-bond acceptors (Lipinski definition) is 5. The Balaban J connectivity index is 1.60. The van der Waals surface area contributed by atoms with Crippen molar-refractivity contribution in [3.05, 3.63) is 69.7 Å². The van der Waals surface area contributed by atoms with Crippen molar-refractivity contribution in [2.24, 2.45) is 0 Å². The van der Waals surface area contributed by atoms with Crippen molar-refractivity contribution in [1.82, 2.24) is 28.9 Å². The molecular weight excluding hydrogens is 443 g/mol. The van der Waals surface area contributed by atoms with Crippen LogP contribution >= 0.6 is 35.4 Å². The molecule has 0 radical (unpaired) electrons. The highest BCUT2D eigenvalue weighted by atomic mass is 35.5. The largest absolute Gasteiger partial charge is 0.497 e. The minimum atomic E-state index is 0.402. The lowest BCUT2D eigenvalue weighted by atomic mass is 10.1. The second-order valence-electron chi connectivity index (χ2n) is 6.61. The number of nitrogens with one attached hydrogen (secondary N) is 1. The highest BCUT2D eigenvalue weighted by Crippen LogP contribution is 2.32. The maximum Gasteiger partial charge on any atom is 0.185 e. The number of benzene rings is 1. The van der Waals surface area contributed by atoms with E-state index in [0.717, 1.165) is 28.1 Å². The average molecular weight is 457 g/mol. The van der Waals surface area contributed by atoms with E-state index in [-0.39, 0.29) is 0 Å². The zero-order chi connectivity index (χ0) is 20.8. The summed E-state index contributed by atoms with van der Waals surface area (Å²) in [5.41, 5.74) is 3.75. The molecule has 4 heterocycles. The summed E-state index contributed by atoms with van der Waals surface area (Å²) in [7, 11) is 1.60. The summed E-state index contributed by atoms with van der Waals surface area (Å²) in [6.45, 7) is 0.449. The number of hydrogen-bond donors (Lipinski definition) is 1. The zero-order valence-electron chi connectivity index (χ0n) is 15.6. The molecule has 10 heteroatoms. The van der Waals surface area contributed by atoms with Crippen LogP contribution < -0.4 is 4.74 Å². The number of fused-ring (bicyclic) bond motifs is 2. The Morgan fingerprint density at radius 1 is 1.17 bits per heavy atom. The van der Waals surface area contributed by atoms with Gasteiger partial charge in [-0.05, 0) is 42.5 Å². The maximum absolute atomic E-state index is 6.48. The molecule has 0 aliphatic rings. The monoisotopic (exact) mass is 456 g/mol. The molecule has 0 amide bonds. The second-order valence-corrected chi connectivity index (χ2v) is 7.76. The molecule has 0 saturated carbocycles. The first-order chi connectivity index (χ1) is 14.5. The van der Waals surface area contributed by atoms with Gasteiger partial charge in [-0.1, -0.05) is 23.2 Å². The van der Waals surface area contributed by atoms with E-state index >= 15 is 0 Å². The minimum Gasteiger partial charge on any atom is -0.497 e. The minimum absolute atomic E-state index is 0.402. The van der Waals surface area contributed by atoms with Crippen molar-refractivity contribution >= 4 is 52.1 Å². The van der Waals surface area contributed by atoms with E-state index in [0.29, 0.717) is 32.9 Å². The summed E-state index contributed by atoms with van der Waals surface area (Å²) in [6, 6.07) is 9.08. The van der Waals surface area contributed by atoms with Crippen LogP contribution in [0.4, 0.5) is 0 Å². The van der Waals surface area contributed by atoms with Gasteiger partial charge in [0, 0.05) is 24.2 Å². The van der Waals surface area contributed by atoms with Crippen LogP contribution in [-0.2, 0) is 6.54 Å². The number of rotatable bonds is 4. The molecule has 0 aliphatic heterocycles. The van der Waals surface area contributed by atoms with Crippen molar-refractivity contribution in [2.45, 2.75) is 6.54 Å². The van der Waals surface area contributed by atoms with Crippen LogP contribution in [0.25, 0.3) is 27.9 Å². The highest BCUT2D eigenvalue weighted by molar-refractivity contribution is 7.71. The summed E-state index contributed by atoms with van der Waals surface area (Å²) >= 11 is 18.1. The molecule has 5 aromatic rings. The number of methoxy groups -OCH3 is 1. The van der Waals surface area contributed by atoms with Crippen molar-refractivity contribution in [3.8, 4) is 17.0 Å². The molecule has 150 valence electrons. The molecule has 0 atom stereocenters. The highest BCUT2D eigenvalue weighted by Gasteiger charge is 2.14. The quantitative estimate of drug-likeness (QED) is 0.298. The Morgan fingerprint density at radius 2 is 2.03 bits per heavy atom. The van der Waals surface area contributed by atoms with Gasteiger partial charge in [0.2, 0.25) is 0 Å². The van der Waals surface area contributed by atoms with Crippen LogP contribution in [-0.4, -0.2) is 36.0 Å². The first-order valence-corrected chi connectivity index (χ1v) is 10.1. The summed E-state index contributed by atoms with van der Waals surface area (Å²) in [5.74, 6) is 1.41. The van der Waals surface area contributed by atoms with E-state index in [1.807, 2.05) is 39.6 Å². The van der Waals surface area contributed by atoms with Crippen molar-refractivity contribution in [1.29, 1.82) is 0 Å². The summed E-state index contributed by atoms with van der Waals surface area (Å²) < 4.78 is 9.68. The predicted molar refractivity (Wildman–Crippen MR) is 119 cm³/mol. The molecule has 1 aromatic carbocycles. The molecule has 0 spiro atoms. The zero-order valence-corrected chi connectivity index (χ0v) is 18.0. The van der Waals surface area contributed by atoms with Gasteiger partial charge in [0.05, 0.1) is 35.4 Å². The number of aromatic amines is 1. The van der Waals surface area contributed by atoms with E-state index in [9.17, 15) is 0 Å². The number of halogens is 2. The van der Waals surface area contributed by atoms with Gasteiger partial charge < -0.3 is 14.3 Å². The molecule has 1 N–H and O–H groups in total. The standard InChI is InChI=1S/C20H14Cl2N6OS/c1-29-11-2-3-12(13(21)8-11)18-15-9-27(20(30)28(15)7-6-23-18)10-17-24-14-4-5-16(22)25-19(14)26-17/h2-9H,10H2,1H3,(H,24,25,26). The third kappa shape index (κ3) is 3.23. The molecule has 0 aliphatic carbocycles. The van der Waals surface area contributed by atoms with Gasteiger partial charge in [-0.2, -0.15) is 0 Å². The van der Waals surface area contributed by atoms with Crippen LogP contribution in [0.15, 0.2) is 48.9 Å². The second kappa shape index (κ2) is 7.39. The third-order valence-corrected chi connectivity index (χ3v) is 5.72. The number of pyridine rings is 1. The van der Waals surface area contributed by atoms with E-state index < -0.39 is 0 Å². The number of imidazole rings is 2. The Labute approximate surface area is 185 Å². The predicted octanol–water partition coefficient (Wildman–Crippen LogP) is 5.17. The van der Waals surface area contributed by atoms with E-state index in [4.69, 9.17) is 40.2 Å². The fraction of sp³-hybridized carbons (Fsp3) is 0.100. The van der Waals surface area contributed by atoms with Crippen molar-refractivity contribution in [3.63, 3.8) is 0 Å². The fourth-order valence-electron chi connectivity index (χ4n) is 3.36. The Kier molecular flexibility index (Phi) is 4.69. The fourth-order valence-corrected chi connectivity index (χ4v) is 4.04. The SMILES string of the molecule is COc1ccc(-c2nccn3c(=S)n(Cc4nc5nc(Cl)ccc5[nH]4)cc23)c(Cl)c1. The summed E-state index contributed by atoms with van der Waals surface area (Å²) in [4.78, 5) is 16.5. The molecular formula is C20H14Cl2N6OS. The molecule has 30 heavy (non-hydrogen) atoms.